The molecular formula is C18H27Cl2N. The minimum absolute atomic E-state index is 0.342. The molecule has 1 fully saturated rings. The Kier molecular flexibility index (Phi) is 6.85. The molecule has 0 aliphatic heterocycles. The fraction of sp³-hybridized carbons (Fsp3) is 0.667. The smallest absolute Gasteiger partial charge is 0.0454 e. The maximum Gasteiger partial charge on any atom is 0.0454 e. The molecule has 3 heteroatoms. The van der Waals surface area contributed by atoms with Gasteiger partial charge >= 0.3 is 0 Å². The molecule has 1 nitrogen and oxygen atoms in total. The van der Waals surface area contributed by atoms with Crippen LogP contribution in [0.3, 0.4) is 0 Å². The van der Waals surface area contributed by atoms with Crippen LogP contribution in [-0.4, -0.2) is 6.54 Å². The van der Waals surface area contributed by atoms with Crippen molar-refractivity contribution in [1.29, 1.82) is 0 Å². The lowest BCUT2D eigenvalue weighted by molar-refractivity contribution is 0.219. The third-order valence-corrected chi connectivity index (χ3v) is 5.43. The SMILES string of the molecule is CCCNC(c1cc(Cl)ccc1Cl)C1CCC(CC)CC1. The fourth-order valence-corrected chi connectivity index (χ4v) is 3.93. The van der Waals surface area contributed by atoms with Gasteiger partial charge in [-0.1, -0.05) is 56.3 Å². The normalized spacial score (nSPS) is 24.0. The van der Waals surface area contributed by atoms with E-state index in [1.54, 1.807) is 0 Å². The molecule has 1 saturated carbocycles. The van der Waals surface area contributed by atoms with E-state index in [0.29, 0.717) is 12.0 Å². The van der Waals surface area contributed by atoms with Crippen LogP contribution in [0, 0.1) is 11.8 Å². The molecule has 1 unspecified atom stereocenters. The van der Waals surface area contributed by atoms with Crippen LogP contribution in [0.2, 0.25) is 10.0 Å². The molecule has 1 aliphatic carbocycles. The molecule has 1 aromatic carbocycles. The fourth-order valence-electron chi connectivity index (χ4n) is 3.51. The van der Waals surface area contributed by atoms with E-state index in [1.807, 2.05) is 18.2 Å². The van der Waals surface area contributed by atoms with Gasteiger partial charge in [-0.2, -0.15) is 0 Å². The van der Waals surface area contributed by atoms with E-state index >= 15 is 0 Å². The molecule has 0 saturated heterocycles. The first-order chi connectivity index (χ1) is 10.2. The maximum atomic E-state index is 6.45. The highest BCUT2D eigenvalue weighted by Gasteiger charge is 2.29. The van der Waals surface area contributed by atoms with Crippen molar-refractivity contribution in [2.75, 3.05) is 6.54 Å². The molecule has 0 spiro atoms. The van der Waals surface area contributed by atoms with Gasteiger partial charge in [0.25, 0.3) is 0 Å². The van der Waals surface area contributed by atoms with Gasteiger partial charge in [0.15, 0.2) is 0 Å². The lowest BCUT2D eigenvalue weighted by Gasteiger charge is -2.35. The predicted molar refractivity (Wildman–Crippen MR) is 93.2 cm³/mol. The van der Waals surface area contributed by atoms with Crippen LogP contribution in [-0.2, 0) is 0 Å². The number of rotatable bonds is 6. The van der Waals surface area contributed by atoms with Crippen molar-refractivity contribution < 1.29 is 0 Å². The van der Waals surface area contributed by atoms with E-state index in [2.05, 4.69) is 19.2 Å². The van der Waals surface area contributed by atoms with Gasteiger partial charge in [-0.25, -0.2) is 0 Å². The standard InChI is InChI=1S/C18H27Cl2N/c1-3-11-21-18(14-7-5-13(4-2)6-8-14)16-12-15(19)9-10-17(16)20/h9-10,12-14,18,21H,3-8,11H2,1-2H3. The number of halogens is 2. The van der Waals surface area contributed by atoms with Crippen molar-refractivity contribution in [2.24, 2.45) is 11.8 Å². The third-order valence-electron chi connectivity index (χ3n) is 4.85. The van der Waals surface area contributed by atoms with Gasteiger partial charge < -0.3 is 5.32 Å². The molecule has 0 bridgehead atoms. The van der Waals surface area contributed by atoms with Crippen LogP contribution in [0.25, 0.3) is 0 Å². The molecule has 0 aromatic heterocycles. The van der Waals surface area contributed by atoms with Gasteiger partial charge in [0.1, 0.15) is 0 Å². The second-order valence-corrected chi connectivity index (χ2v) is 7.13. The Morgan fingerprint density at radius 1 is 1.14 bits per heavy atom. The third kappa shape index (κ3) is 4.61. The molecule has 2 rings (SSSR count). The van der Waals surface area contributed by atoms with E-state index < -0.39 is 0 Å². The first-order valence-corrected chi connectivity index (χ1v) is 9.09. The Hall–Kier alpha value is -0.240. The summed E-state index contributed by atoms with van der Waals surface area (Å²) in [5.74, 6) is 1.60. The Morgan fingerprint density at radius 3 is 2.48 bits per heavy atom. The number of hydrogen-bond acceptors (Lipinski definition) is 1. The van der Waals surface area contributed by atoms with Gasteiger partial charge in [-0.15, -0.1) is 0 Å². The highest BCUT2D eigenvalue weighted by atomic mass is 35.5. The van der Waals surface area contributed by atoms with Crippen molar-refractivity contribution in [3.63, 3.8) is 0 Å². The summed E-state index contributed by atoms with van der Waals surface area (Å²) in [6.45, 7) is 5.55. The summed E-state index contributed by atoms with van der Waals surface area (Å²) in [6.07, 6.45) is 7.75. The van der Waals surface area contributed by atoms with Gasteiger partial charge in [0.05, 0.1) is 0 Å². The zero-order chi connectivity index (χ0) is 15.2. The maximum absolute atomic E-state index is 6.45. The molecule has 118 valence electrons. The van der Waals surface area contributed by atoms with Crippen LogP contribution in [0.4, 0.5) is 0 Å². The average molecular weight is 328 g/mol. The monoisotopic (exact) mass is 327 g/mol. The lowest BCUT2D eigenvalue weighted by atomic mass is 9.76. The quantitative estimate of drug-likeness (QED) is 0.651. The molecule has 0 amide bonds. The van der Waals surface area contributed by atoms with Crippen LogP contribution in [0.15, 0.2) is 18.2 Å². The molecule has 1 aromatic rings. The number of nitrogens with one attached hydrogen (secondary N) is 1. The van der Waals surface area contributed by atoms with Gasteiger partial charge in [0, 0.05) is 16.1 Å². The molecular weight excluding hydrogens is 301 g/mol. The van der Waals surface area contributed by atoms with Crippen molar-refractivity contribution in [3.05, 3.63) is 33.8 Å². The molecule has 21 heavy (non-hydrogen) atoms. The zero-order valence-corrected chi connectivity index (χ0v) is 14.7. The number of hydrogen-bond donors (Lipinski definition) is 1. The van der Waals surface area contributed by atoms with Crippen LogP contribution in [0.5, 0.6) is 0 Å². The summed E-state index contributed by atoms with van der Waals surface area (Å²) in [6, 6.07) is 6.19. The highest BCUT2D eigenvalue weighted by Crippen LogP contribution is 2.40. The minimum atomic E-state index is 0.342. The van der Waals surface area contributed by atoms with Crippen molar-refractivity contribution in [1.82, 2.24) is 5.32 Å². The summed E-state index contributed by atoms with van der Waals surface area (Å²) in [4.78, 5) is 0. The summed E-state index contributed by atoms with van der Waals surface area (Å²) >= 11 is 12.6. The molecule has 0 radical (unpaired) electrons. The van der Waals surface area contributed by atoms with Gasteiger partial charge in [-0.3, -0.25) is 0 Å². The summed E-state index contributed by atoms with van der Waals surface area (Å²) in [5, 5.41) is 5.33. The van der Waals surface area contributed by atoms with Crippen LogP contribution < -0.4 is 5.32 Å². The zero-order valence-electron chi connectivity index (χ0n) is 13.2. The van der Waals surface area contributed by atoms with Crippen molar-refractivity contribution >= 4 is 23.2 Å². The van der Waals surface area contributed by atoms with Crippen LogP contribution >= 0.6 is 23.2 Å². The second-order valence-electron chi connectivity index (χ2n) is 6.29. The molecule has 1 atom stereocenters. The van der Waals surface area contributed by atoms with Crippen LogP contribution in [0.1, 0.15) is 64.0 Å². The Morgan fingerprint density at radius 2 is 1.86 bits per heavy atom. The number of benzene rings is 1. The van der Waals surface area contributed by atoms with Gasteiger partial charge in [-0.05, 0) is 61.4 Å². The van der Waals surface area contributed by atoms with Crippen molar-refractivity contribution in [2.45, 2.75) is 58.4 Å². The Balaban J connectivity index is 2.16. The van der Waals surface area contributed by atoms with Crippen molar-refractivity contribution in [3.8, 4) is 0 Å². The predicted octanol–water partition coefficient (Wildman–Crippen LogP) is 6.25. The van der Waals surface area contributed by atoms with Gasteiger partial charge in [0.2, 0.25) is 0 Å². The second kappa shape index (κ2) is 8.41. The Labute approximate surface area is 139 Å². The highest BCUT2D eigenvalue weighted by molar-refractivity contribution is 6.33. The average Bonchev–Trinajstić information content (AvgIpc) is 2.51. The Bertz CT molecular complexity index is 439. The summed E-state index contributed by atoms with van der Waals surface area (Å²) in [7, 11) is 0. The minimum Gasteiger partial charge on any atom is -0.310 e. The topological polar surface area (TPSA) is 12.0 Å². The largest absolute Gasteiger partial charge is 0.310 e. The lowest BCUT2D eigenvalue weighted by Crippen LogP contribution is -2.31. The molecule has 1 aliphatic rings. The van der Waals surface area contributed by atoms with E-state index in [-0.39, 0.29) is 0 Å². The van der Waals surface area contributed by atoms with E-state index in [4.69, 9.17) is 23.2 Å². The van der Waals surface area contributed by atoms with E-state index in [9.17, 15) is 0 Å². The first kappa shape index (κ1) is 17.1. The summed E-state index contributed by atoms with van der Waals surface area (Å²) < 4.78 is 0. The summed E-state index contributed by atoms with van der Waals surface area (Å²) in [5.41, 5.74) is 1.18. The molecule has 1 N–H and O–H groups in total. The first-order valence-electron chi connectivity index (χ1n) is 8.34. The molecule has 0 heterocycles. The van der Waals surface area contributed by atoms with E-state index in [1.165, 1.54) is 37.7 Å². The van der Waals surface area contributed by atoms with E-state index in [0.717, 1.165) is 28.9 Å².